The second kappa shape index (κ2) is 6.99. The lowest BCUT2D eigenvalue weighted by Gasteiger charge is -2.14. The van der Waals surface area contributed by atoms with E-state index in [1.54, 1.807) is 30.5 Å². The number of thiazole rings is 1. The fraction of sp³-hybridized carbons (Fsp3) is 0.0455. The zero-order valence-corrected chi connectivity index (χ0v) is 16.6. The van der Waals surface area contributed by atoms with Crippen molar-refractivity contribution in [3.05, 3.63) is 87.3 Å². The van der Waals surface area contributed by atoms with E-state index in [2.05, 4.69) is 10.3 Å². The van der Waals surface area contributed by atoms with Crippen LogP contribution in [0.15, 0.2) is 66.9 Å². The van der Waals surface area contributed by atoms with Crippen molar-refractivity contribution >= 4 is 56.9 Å². The molecule has 0 atom stereocenters. The Morgan fingerprint density at radius 3 is 2.52 bits per heavy atom. The molecule has 0 saturated heterocycles. The van der Waals surface area contributed by atoms with Gasteiger partial charge in [0.2, 0.25) is 0 Å². The molecule has 0 fully saturated rings. The molecule has 2 heterocycles. The summed E-state index contributed by atoms with van der Waals surface area (Å²) in [6.07, 6.45) is 1.71. The zero-order chi connectivity index (χ0) is 20.0. The van der Waals surface area contributed by atoms with Crippen molar-refractivity contribution in [2.75, 3.05) is 10.2 Å². The molecule has 0 bridgehead atoms. The minimum atomic E-state index is -0.315. The van der Waals surface area contributed by atoms with Crippen LogP contribution in [-0.2, 0) is 6.54 Å². The lowest BCUT2D eigenvalue weighted by atomic mass is 10.1. The van der Waals surface area contributed by atoms with Gasteiger partial charge in [0.05, 0.1) is 23.4 Å². The smallest absolute Gasteiger partial charge is 0.266 e. The van der Waals surface area contributed by atoms with Crippen LogP contribution >= 0.6 is 22.9 Å². The van der Waals surface area contributed by atoms with Crippen molar-refractivity contribution in [2.24, 2.45) is 0 Å². The Bertz CT molecular complexity index is 1280. The first-order valence-electron chi connectivity index (χ1n) is 8.96. The SMILES string of the molecule is O=C1c2ccc(NCc3cnc(Cl)s3)cc2C(=O)N1c1ccc2ccccc2c1. The van der Waals surface area contributed by atoms with Gasteiger partial charge < -0.3 is 5.32 Å². The topological polar surface area (TPSA) is 62.3 Å². The lowest BCUT2D eigenvalue weighted by Crippen LogP contribution is -2.29. The van der Waals surface area contributed by atoms with Crippen molar-refractivity contribution in [3.63, 3.8) is 0 Å². The predicted molar refractivity (Wildman–Crippen MR) is 116 cm³/mol. The fourth-order valence-corrected chi connectivity index (χ4v) is 4.37. The molecule has 0 saturated carbocycles. The zero-order valence-electron chi connectivity index (χ0n) is 15.1. The van der Waals surface area contributed by atoms with E-state index >= 15 is 0 Å². The largest absolute Gasteiger partial charge is 0.380 e. The molecule has 142 valence electrons. The van der Waals surface area contributed by atoms with Gasteiger partial charge in [-0.25, -0.2) is 9.88 Å². The van der Waals surface area contributed by atoms with E-state index in [9.17, 15) is 9.59 Å². The molecule has 5 rings (SSSR count). The first-order chi connectivity index (χ1) is 14.1. The molecule has 1 aliphatic heterocycles. The van der Waals surface area contributed by atoms with Gasteiger partial charge in [-0.15, -0.1) is 11.3 Å². The van der Waals surface area contributed by atoms with Crippen LogP contribution in [0.25, 0.3) is 10.8 Å². The summed E-state index contributed by atoms with van der Waals surface area (Å²) in [5, 5.41) is 5.28. The minimum Gasteiger partial charge on any atom is -0.380 e. The number of rotatable bonds is 4. The Hall–Kier alpha value is -3.22. The molecule has 1 aliphatic rings. The molecule has 0 aliphatic carbocycles. The third-order valence-electron chi connectivity index (χ3n) is 4.87. The summed E-state index contributed by atoms with van der Waals surface area (Å²) in [6.45, 7) is 0.541. The standard InChI is InChI=1S/C22H14ClN3O2S/c23-22-25-12-17(29-22)11-24-15-6-8-18-19(10-15)21(28)26(20(18)27)16-7-5-13-3-1-2-4-14(13)9-16/h1-10,12,24H,11H2. The Kier molecular flexibility index (Phi) is 4.30. The first-order valence-corrected chi connectivity index (χ1v) is 10.2. The maximum Gasteiger partial charge on any atom is 0.266 e. The summed E-state index contributed by atoms with van der Waals surface area (Å²) in [4.78, 5) is 32.2. The van der Waals surface area contributed by atoms with E-state index in [1.165, 1.54) is 16.2 Å². The van der Waals surface area contributed by atoms with Gasteiger partial charge in [-0.1, -0.05) is 41.9 Å². The second-order valence-corrected chi connectivity index (χ2v) is 8.37. The van der Waals surface area contributed by atoms with Crippen LogP contribution in [-0.4, -0.2) is 16.8 Å². The number of nitrogens with zero attached hydrogens (tertiary/aromatic N) is 2. The third kappa shape index (κ3) is 3.16. The molecular weight excluding hydrogens is 406 g/mol. The van der Waals surface area contributed by atoms with Crippen LogP contribution in [0.4, 0.5) is 11.4 Å². The third-order valence-corrected chi connectivity index (χ3v) is 5.98. The van der Waals surface area contributed by atoms with Crippen LogP contribution < -0.4 is 10.2 Å². The molecule has 5 nitrogen and oxygen atoms in total. The Labute approximate surface area is 175 Å². The number of fused-ring (bicyclic) bond motifs is 2. The molecule has 2 amide bonds. The number of aromatic nitrogens is 1. The molecular formula is C22H14ClN3O2S. The van der Waals surface area contributed by atoms with Crippen LogP contribution in [0, 0.1) is 0 Å². The van der Waals surface area contributed by atoms with E-state index in [-0.39, 0.29) is 11.8 Å². The van der Waals surface area contributed by atoms with Crippen molar-refractivity contribution < 1.29 is 9.59 Å². The molecule has 3 aromatic carbocycles. The van der Waals surface area contributed by atoms with Gasteiger partial charge in [0.1, 0.15) is 0 Å². The summed E-state index contributed by atoms with van der Waals surface area (Å²) in [5.74, 6) is -0.620. The Morgan fingerprint density at radius 1 is 0.931 bits per heavy atom. The molecule has 0 unspecified atom stereocenters. The number of hydrogen-bond acceptors (Lipinski definition) is 5. The van der Waals surface area contributed by atoms with Gasteiger partial charge in [-0.2, -0.15) is 0 Å². The number of anilines is 2. The van der Waals surface area contributed by atoms with Crippen LogP contribution in [0.5, 0.6) is 0 Å². The molecule has 1 aromatic heterocycles. The van der Waals surface area contributed by atoms with Gasteiger partial charge in [0.25, 0.3) is 11.8 Å². The number of amides is 2. The summed E-state index contributed by atoms with van der Waals surface area (Å²) in [6, 6.07) is 18.7. The van der Waals surface area contributed by atoms with E-state index < -0.39 is 0 Å². The summed E-state index contributed by atoms with van der Waals surface area (Å²) in [5.41, 5.74) is 2.14. The van der Waals surface area contributed by atoms with Crippen molar-refractivity contribution in [3.8, 4) is 0 Å². The monoisotopic (exact) mass is 419 g/mol. The highest BCUT2D eigenvalue weighted by Gasteiger charge is 2.36. The van der Waals surface area contributed by atoms with Crippen LogP contribution in [0.2, 0.25) is 4.47 Å². The van der Waals surface area contributed by atoms with Gasteiger partial charge in [-0.05, 0) is 41.1 Å². The number of imide groups is 1. The number of carbonyl (C=O) groups is 2. The van der Waals surface area contributed by atoms with E-state index in [0.717, 1.165) is 21.3 Å². The average Bonchev–Trinajstić information content (AvgIpc) is 3.27. The molecule has 0 radical (unpaired) electrons. The van der Waals surface area contributed by atoms with Crippen molar-refractivity contribution in [1.82, 2.24) is 4.98 Å². The number of benzene rings is 3. The molecule has 1 N–H and O–H groups in total. The quantitative estimate of drug-likeness (QED) is 0.452. The summed E-state index contributed by atoms with van der Waals surface area (Å²) >= 11 is 7.25. The summed E-state index contributed by atoms with van der Waals surface area (Å²) < 4.78 is 0.488. The second-order valence-electron chi connectivity index (χ2n) is 6.67. The normalized spacial score (nSPS) is 13.2. The summed E-state index contributed by atoms with van der Waals surface area (Å²) in [7, 11) is 0. The van der Waals surface area contributed by atoms with Gasteiger partial charge in [0, 0.05) is 16.8 Å². The lowest BCUT2D eigenvalue weighted by molar-refractivity contribution is 0.0926. The number of nitrogens with one attached hydrogen (secondary N) is 1. The fourth-order valence-electron chi connectivity index (χ4n) is 3.46. The molecule has 0 spiro atoms. The molecule has 29 heavy (non-hydrogen) atoms. The van der Waals surface area contributed by atoms with Gasteiger partial charge >= 0.3 is 0 Å². The first kappa shape index (κ1) is 17.8. The predicted octanol–water partition coefficient (Wildman–Crippen LogP) is 5.36. The highest BCUT2D eigenvalue weighted by atomic mass is 35.5. The maximum absolute atomic E-state index is 13.0. The van der Waals surface area contributed by atoms with Crippen LogP contribution in [0.3, 0.4) is 0 Å². The van der Waals surface area contributed by atoms with E-state index in [4.69, 9.17) is 11.6 Å². The highest BCUT2D eigenvalue weighted by Crippen LogP contribution is 2.32. The van der Waals surface area contributed by atoms with Crippen molar-refractivity contribution in [1.29, 1.82) is 0 Å². The number of hydrogen-bond donors (Lipinski definition) is 1. The maximum atomic E-state index is 13.0. The van der Waals surface area contributed by atoms with Crippen LogP contribution in [0.1, 0.15) is 25.6 Å². The highest BCUT2D eigenvalue weighted by molar-refractivity contribution is 7.15. The average molecular weight is 420 g/mol. The van der Waals surface area contributed by atoms with Gasteiger partial charge in [0.15, 0.2) is 4.47 Å². The number of carbonyl (C=O) groups excluding carboxylic acids is 2. The molecule has 7 heteroatoms. The molecule has 4 aromatic rings. The van der Waals surface area contributed by atoms with Gasteiger partial charge in [-0.3, -0.25) is 9.59 Å². The van der Waals surface area contributed by atoms with E-state index in [1.807, 2.05) is 36.4 Å². The Balaban J connectivity index is 1.44. The minimum absolute atomic E-state index is 0.305. The van der Waals surface area contributed by atoms with E-state index in [0.29, 0.717) is 27.8 Å². The number of halogens is 1. The van der Waals surface area contributed by atoms with Crippen molar-refractivity contribution in [2.45, 2.75) is 6.54 Å². The Morgan fingerprint density at radius 2 is 1.72 bits per heavy atom.